The highest BCUT2D eigenvalue weighted by molar-refractivity contribution is 5.95. The molecular weight excluding hydrogens is 544 g/mol. The molecule has 9 heteroatoms. The molecule has 43 heavy (non-hydrogen) atoms. The van der Waals surface area contributed by atoms with Gasteiger partial charge < -0.3 is 25.5 Å². The second-order valence-corrected chi connectivity index (χ2v) is 11.6. The molecule has 3 aromatic carbocycles. The zero-order chi connectivity index (χ0) is 31.7. The summed E-state index contributed by atoms with van der Waals surface area (Å²) in [5, 5.41) is 16.4. The van der Waals surface area contributed by atoms with Gasteiger partial charge in [-0.15, -0.1) is 0 Å². The zero-order valence-electron chi connectivity index (χ0n) is 25.8. The fourth-order valence-corrected chi connectivity index (χ4v) is 5.33. The first-order valence-corrected chi connectivity index (χ1v) is 14.3. The van der Waals surface area contributed by atoms with Crippen LogP contribution in [0.15, 0.2) is 84.4 Å². The van der Waals surface area contributed by atoms with Crippen molar-refractivity contribution >= 4 is 34.6 Å². The van der Waals surface area contributed by atoms with Gasteiger partial charge in [0.25, 0.3) is 0 Å². The molecule has 0 aliphatic rings. The van der Waals surface area contributed by atoms with E-state index in [1.807, 2.05) is 72.8 Å². The van der Waals surface area contributed by atoms with E-state index in [4.69, 9.17) is 5.11 Å². The quantitative estimate of drug-likeness (QED) is 0.272. The van der Waals surface area contributed by atoms with Crippen LogP contribution in [0.4, 0.5) is 4.79 Å². The molecule has 228 valence electrons. The van der Waals surface area contributed by atoms with Gasteiger partial charge in [0.15, 0.2) is 0 Å². The average molecular weight is 587 g/mol. The predicted molar refractivity (Wildman–Crippen MR) is 169 cm³/mol. The molecule has 4 amide bonds. The minimum atomic E-state index is -1.15. The Hall–Kier alpha value is -4.66. The van der Waals surface area contributed by atoms with Gasteiger partial charge in [-0.05, 0) is 49.1 Å². The zero-order valence-corrected chi connectivity index (χ0v) is 25.8. The largest absolute Gasteiger partial charge is 0.465 e. The summed E-state index contributed by atoms with van der Waals surface area (Å²) in [6.07, 6.45) is 1.14. The number of rotatable bonds is 12. The Balaban J connectivity index is 1.95. The Bertz CT molecular complexity index is 1480. The van der Waals surface area contributed by atoms with Crippen LogP contribution in [0, 0.1) is 0 Å². The number of carboxylic acid groups (broad SMARTS) is 1. The third kappa shape index (κ3) is 9.16. The van der Waals surface area contributed by atoms with Crippen LogP contribution >= 0.6 is 0 Å². The molecule has 0 fully saturated rings. The van der Waals surface area contributed by atoms with Crippen LogP contribution in [0.5, 0.6) is 0 Å². The van der Waals surface area contributed by atoms with Gasteiger partial charge in [0.1, 0.15) is 12.1 Å². The summed E-state index contributed by atoms with van der Waals surface area (Å²) in [6.45, 7) is 5.23. The van der Waals surface area contributed by atoms with E-state index in [0.717, 1.165) is 21.9 Å². The van der Waals surface area contributed by atoms with Crippen molar-refractivity contribution in [2.45, 2.75) is 57.7 Å². The lowest BCUT2D eigenvalue weighted by Crippen LogP contribution is -2.55. The molecular formula is C34H42N4O5. The first kappa shape index (κ1) is 32.8. The highest BCUT2D eigenvalue weighted by Gasteiger charge is 2.34. The van der Waals surface area contributed by atoms with Crippen LogP contribution in [0.25, 0.3) is 10.8 Å². The lowest BCUT2D eigenvalue weighted by atomic mass is 9.95. The third-order valence-electron chi connectivity index (χ3n) is 7.52. The van der Waals surface area contributed by atoms with Crippen LogP contribution in [0.1, 0.15) is 38.3 Å². The van der Waals surface area contributed by atoms with Crippen molar-refractivity contribution in [3.8, 4) is 0 Å². The minimum absolute atomic E-state index is 0.237. The molecule has 0 bridgehead atoms. The molecule has 0 heterocycles. The van der Waals surface area contributed by atoms with E-state index in [9.17, 15) is 19.2 Å². The number of hydrogen-bond donors (Lipinski definition) is 3. The van der Waals surface area contributed by atoms with Crippen molar-refractivity contribution in [3.05, 3.63) is 95.6 Å². The average Bonchev–Trinajstić information content (AvgIpc) is 2.96. The molecule has 0 saturated heterocycles. The highest BCUT2D eigenvalue weighted by atomic mass is 16.4. The molecule has 9 nitrogen and oxygen atoms in total. The Morgan fingerprint density at radius 3 is 2.07 bits per heavy atom. The number of benzene rings is 3. The molecule has 3 rings (SSSR count). The van der Waals surface area contributed by atoms with Gasteiger partial charge in [0.05, 0.1) is 0 Å². The number of fused-ring (bicyclic) bond motifs is 1. The first-order valence-electron chi connectivity index (χ1n) is 14.3. The fourth-order valence-electron chi connectivity index (χ4n) is 5.33. The Morgan fingerprint density at radius 1 is 0.837 bits per heavy atom. The van der Waals surface area contributed by atoms with Crippen LogP contribution in [0.2, 0.25) is 0 Å². The molecule has 0 aliphatic heterocycles. The van der Waals surface area contributed by atoms with E-state index < -0.39 is 29.6 Å². The fraction of sp³-hybridized carbons (Fsp3) is 0.353. The summed E-state index contributed by atoms with van der Waals surface area (Å²) in [5.41, 5.74) is 1.65. The normalized spacial score (nSPS) is 13.1. The molecule has 0 aromatic heterocycles. The maximum Gasteiger partial charge on any atom is 0.405 e. The summed E-state index contributed by atoms with van der Waals surface area (Å²) in [5.74, 6) is -1.06. The maximum absolute atomic E-state index is 14.2. The van der Waals surface area contributed by atoms with Crippen molar-refractivity contribution in [1.82, 2.24) is 20.4 Å². The number of carbonyl (C=O) groups excluding carboxylic acids is 3. The summed E-state index contributed by atoms with van der Waals surface area (Å²) in [4.78, 5) is 54.8. The summed E-state index contributed by atoms with van der Waals surface area (Å²) in [7, 11) is 4.71. The molecule has 0 unspecified atom stereocenters. The van der Waals surface area contributed by atoms with E-state index in [-0.39, 0.29) is 18.2 Å². The second-order valence-electron chi connectivity index (χ2n) is 11.6. The number of nitrogens with one attached hydrogen (secondary N) is 2. The Labute approximate surface area is 253 Å². The SMILES string of the molecule is CNC(=O)[C@@H](Cc1ccccc1)N(C)C(=O)[C@@H](Cc1ccc2ccccc2c1)N(C)C(=O)C=C(C)CC(C)(C)NC(=O)O. The van der Waals surface area contributed by atoms with Gasteiger partial charge >= 0.3 is 6.09 Å². The van der Waals surface area contributed by atoms with Crippen LogP contribution in [0.3, 0.4) is 0 Å². The molecule has 2 atom stereocenters. The number of nitrogens with zero attached hydrogens (tertiary/aromatic N) is 2. The topological polar surface area (TPSA) is 119 Å². The van der Waals surface area contributed by atoms with Crippen molar-refractivity contribution in [2.75, 3.05) is 21.1 Å². The second kappa shape index (κ2) is 14.5. The molecule has 0 aliphatic carbocycles. The smallest absolute Gasteiger partial charge is 0.405 e. The molecule has 0 radical (unpaired) electrons. The minimum Gasteiger partial charge on any atom is -0.465 e. The monoisotopic (exact) mass is 586 g/mol. The number of carbonyl (C=O) groups is 4. The van der Waals surface area contributed by atoms with Crippen molar-refractivity contribution in [1.29, 1.82) is 0 Å². The van der Waals surface area contributed by atoms with Gasteiger partial charge in [-0.25, -0.2) is 4.79 Å². The van der Waals surface area contributed by atoms with Gasteiger partial charge in [0.2, 0.25) is 17.7 Å². The lowest BCUT2D eigenvalue weighted by molar-refractivity contribution is -0.146. The maximum atomic E-state index is 14.2. The van der Waals surface area contributed by atoms with Gasteiger partial charge in [0, 0.05) is 45.6 Å². The van der Waals surface area contributed by atoms with Crippen molar-refractivity contribution < 1.29 is 24.3 Å². The summed E-state index contributed by atoms with van der Waals surface area (Å²) >= 11 is 0. The van der Waals surface area contributed by atoms with Crippen molar-refractivity contribution in [3.63, 3.8) is 0 Å². The van der Waals surface area contributed by atoms with Gasteiger partial charge in [-0.2, -0.15) is 0 Å². The van der Waals surface area contributed by atoms with E-state index in [1.54, 1.807) is 34.9 Å². The molecule has 0 saturated carbocycles. The number of likely N-dealkylation sites (N-methyl/N-ethyl adjacent to an activating group) is 3. The summed E-state index contributed by atoms with van der Waals surface area (Å²) < 4.78 is 0. The third-order valence-corrected chi connectivity index (χ3v) is 7.52. The lowest BCUT2D eigenvalue weighted by Gasteiger charge is -2.34. The molecule has 0 spiro atoms. The van der Waals surface area contributed by atoms with Gasteiger partial charge in [-0.1, -0.05) is 78.4 Å². The number of hydrogen-bond acceptors (Lipinski definition) is 4. The molecule has 3 aromatic rings. The standard InChI is InChI=1S/C34H42N4O5/c1-23(22-34(2,3)36-33(42)43)18-30(39)37(5)29(21-25-16-17-26-14-10-11-15-27(26)19-25)32(41)38(6)28(31(40)35-4)20-24-12-8-7-9-13-24/h7-19,28-29,36H,20-22H2,1-6H3,(H,35,40)(H,42,43)/t28-,29-/m1/s1. The Kier molecular flexibility index (Phi) is 11.1. The first-order chi connectivity index (χ1) is 20.3. The van der Waals surface area contributed by atoms with Crippen LogP contribution in [-0.2, 0) is 27.2 Å². The van der Waals surface area contributed by atoms with E-state index in [1.165, 1.54) is 22.9 Å². The molecule has 3 N–H and O–H groups in total. The highest BCUT2D eigenvalue weighted by Crippen LogP contribution is 2.21. The van der Waals surface area contributed by atoms with Gasteiger partial charge in [-0.3, -0.25) is 14.4 Å². The van der Waals surface area contributed by atoms with E-state index in [0.29, 0.717) is 18.4 Å². The predicted octanol–water partition coefficient (Wildman–Crippen LogP) is 4.41. The van der Waals surface area contributed by atoms with Crippen LogP contribution in [-0.4, -0.2) is 77.5 Å². The number of amides is 4. The van der Waals surface area contributed by atoms with Crippen molar-refractivity contribution in [2.24, 2.45) is 0 Å². The van der Waals surface area contributed by atoms with E-state index >= 15 is 0 Å². The van der Waals surface area contributed by atoms with Crippen LogP contribution < -0.4 is 10.6 Å². The summed E-state index contributed by atoms with van der Waals surface area (Å²) in [6, 6.07) is 21.6. The van der Waals surface area contributed by atoms with E-state index in [2.05, 4.69) is 10.6 Å². The Morgan fingerprint density at radius 2 is 1.44 bits per heavy atom.